The molecule has 0 aliphatic rings. The number of pyridine rings is 1. The lowest BCUT2D eigenvalue weighted by atomic mass is 10.1. The molecule has 0 atom stereocenters. The number of rotatable bonds is 10. The van der Waals surface area contributed by atoms with E-state index in [1.165, 1.54) is 0 Å². The first-order valence-corrected chi connectivity index (χ1v) is 14.9. The fraction of sp³-hybridized carbons (Fsp3) is 0.121. The van der Waals surface area contributed by atoms with Crippen molar-refractivity contribution in [1.29, 1.82) is 0 Å². The third-order valence-electron chi connectivity index (χ3n) is 6.68. The second-order valence-electron chi connectivity index (χ2n) is 9.74. The Kier molecular flexibility index (Phi) is 10.2. The van der Waals surface area contributed by atoms with Crippen LogP contribution < -0.4 is 31.9 Å². The number of carbonyl (C=O) groups excluding carboxylic acids is 2. The van der Waals surface area contributed by atoms with E-state index in [2.05, 4.69) is 36.9 Å². The topological polar surface area (TPSA) is 119 Å². The third-order valence-corrected chi connectivity index (χ3v) is 7.18. The Morgan fingerprint density at radius 2 is 0.886 bits per heavy atom. The smallest absolute Gasteiger partial charge is 0.269 e. The maximum absolute atomic E-state index is 12.7. The summed E-state index contributed by atoms with van der Waals surface area (Å²) in [6.07, 6.45) is 0. The van der Waals surface area contributed by atoms with Crippen molar-refractivity contribution in [2.24, 2.45) is 0 Å². The average Bonchev–Trinajstić information content (AvgIpc) is 3.05. The molecule has 0 spiro atoms. The van der Waals surface area contributed by atoms with E-state index in [4.69, 9.17) is 24.4 Å². The Hall–Kier alpha value is -5.13. The molecule has 0 aliphatic carbocycles. The van der Waals surface area contributed by atoms with Crippen LogP contribution in [0.5, 0.6) is 0 Å². The van der Waals surface area contributed by atoms with Gasteiger partial charge in [-0.05, 0) is 59.5 Å². The molecule has 0 bridgehead atoms. The molecule has 11 heteroatoms. The number of fused-ring (bicyclic) bond motifs is 2. The van der Waals surface area contributed by atoms with Crippen LogP contribution in [0.15, 0.2) is 103 Å². The molecule has 0 saturated carbocycles. The van der Waals surface area contributed by atoms with Crippen LogP contribution in [-0.2, 0) is 0 Å². The highest BCUT2D eigenvalue weighted by molar-refractivity contribution is 7.80. The van der Waals surface area contributed by atoms with Gasteiger partial charge in [-0.2, -0.15) is 0 Å². The van der Waals surface area contributed by atoms with Gasteiger partial charge in [0.15, 0.2) is 10.2 Å². The quantitative estimate of drug-likeness (QED) is 0.0964. The van der Waals surface area contributed by atoms with Gasteiger partial charge in [0.05, 0.1) is 0 Å². The second-order valence-corrected chi connectivity index (χ2v) is 10.6. The lowest BCUT2D eigenvalue weighted by molar-refractivity contribution is 0.0945. The molecule has 1 aromatic heterocycles. The zero-order chi connectivity index (χ0) is 30.7. The number of nitrogens with one attached hydrogen (secondary N) is 6. The highest BCUT2D eigenvalue weighted by Crippen LogP contribution is 2.23. The molecule has 6 N–H and O–H groups in total. The average molecular weight is 622 g/mol. The van der Waals surface area contributed by atoms with Gasteiger partial charge >= 0.3 is 0 Å². The maximum Gasteiger partial charge on any atom is 0.269 e. The van der Waals surface area contributed by atoms with Crippen molar-refractivity contribution in [3.8, 4) is 0 Å². The number of aromatic nitrogens is 1. The van der Waals surface area contributed by atoms with E-state index >= 15 is 0 Å². The number of nitrogens with zero attached hydrogens (tertiary/aromatic N) is 1. The first kappa shape index (κ1) is 30.3. The summed E-state index contributed by atoms with van der Waals surface area (Å²) in [4.78, 5) is 29.5. The number of carbonyl (C=O) groups is 2. The van der Waals surface area contributed by atoms with Crippen LogP contribution in [0, 0.1) is 0 Å². The molecule has 44 heavy (non-hydrogen) atoms. The van der Waals surface area contributed by atoms with E-state index in [0.29, 0.717) is 36.4 Å². The highest BCUT2D eigenvalue weighted by Gasteiger charge is 2.12. The normalized spacial score (nSPS) is 10.5. The van der Waals surface area contributed by atoms with E-state index < -0.39 is 0 Å². The summed E-state index contributed by atoms with van der Waals surface area (Å²) in [6.45, 7) is 1.44. The second kappa shape index (κ2) is 14.9. The Labute approximate surface area is 265 Å². The van der Waals surface area contributed by atoms with Crippen LogP contribution in [0.4, 0.5) is 11.4 Å². The van der Waals surface area contributed by atoms with Gasteiger partial charge in [0.2, 0.25) is 0 Å². The molecule has 4 aromatic carbocycles. The van der Waals surface area contributed by atoms with Crippen molar-refractivity contribution < 1.29 is 9.59 Å². The minimum atomic E-state index is -0.388. The minimum Gasteiger partial charge on any atom is -0.361 e. The van der Waals surface area contributed by atoms with Crippen LogP contribution in [-0.4, -0.2) is 53.2 Å². The van der Waals surface area contributed by atoms with Gasteiger partial charge in [-0.1, -0.05) is 78.9 Å². The van der Waals surface area contributed by atoms with E-state index in [-0.39, 0.29) is 23.2 Å². The van der Waals surface area contributed by atoms with Crippen molar-refractivity contribution in [1.82, 2.24) is 26.3 Å². The first-order chi connectivity index (χ1) is 21.5. The molecule has 1 heterocycles. The summed E-state index contributed by atoms with van der Waals surface area (Å²) < 4.78 is 0. The number of hydrogen-bond donors (Lipinski definition) is 6. The van der Waals surface area contributed by atoms with Crippen LogP contribution in [0.3, 0.4) is 0 Å². The molecule has 5 aromatic rings. The predicted molar refractivity (Wildman–Crippen MR) is 185 cm³/mol. The molecule has 0 radical (unpaired) electrons. The fourth-order valence-electron chi connectivity index (χ4n) is 4.57. The van der Waals surface area contributed by atoms with Gasteiger partial charge in [0.1, 0.15) is 11.4 Å². The van der Waals surface area contributed by atoms with Crippen molar-refractivity contribution in [2.75, 3.05) is 36.8 Å². The summed E-state index contributed by atoms with van der Waals surface area (Å²) in [6, 6.07) is 32.8. The molecule has 2 amide bonds. The molecule has 0 saturated heterocycles. The molecular formula is C33H31N7O2S2. The molecule has 0 unspecified atom stereocenters. The minimum absolute atomic E-state index is 0.146. The monoisotopic (exact) mass is 621 g/mol. The van der Waals surface area contributed by atoms with Crippen molar-refractivity contribution >= 4 is 79.4 Å². The number of thiocarbonyl (C=S) groups is 2. The molecule has 5 rings (SSSR count). The Morgan fingerprint density at radius 1 is 0.500 bits per heavy atom. The molecule has 0 fully saturated rings. The van der Waals surface area contributed by atoms with Gasteiger partial charge < -0.3 is 31.9 Å². The zero-order valence-corrected chi connectivity index (χ0v) is 25.4. The van der Waals surface area contributed by atoms with E-state index in [1.807, 2.05) is 84.9 Å². The highest BCUT2D eigenvalue weighted by atomic mass is 32.1. The summed E-state index contributed by atoms with van der Waals surface area (Å²) >= 11 is 10.8. The molecular weight excluding hydrogens is 591 g/mol. The number of amides is 2. The van der Waals surface area contributed by atoms with Gasteiger partial charge in [-0.15, -0.1) is 0 Å². The zero-order valence-electron chi connectivity index (χ0n) is 23.7. The van der Waals surface area contributed by atoms with Gasteiger partial charge in [-0.25, -0.2) is 4.98 Å². The fourth-order valence-corrected chi connectivity index (χ4v) is 5.00. The lowest BCUT2D eigenvalue weighted by Crippen LogP contribution is -2.37. The number of benzene rings is 4. The summed E-state index contributed by atoms with van der Waals surface area (Å²) in [5, 5.41) is 23.4. The number of anilines is 2. The molecule has 222 valence electrons. The van der Waals surface area contributed by atoms with Gasteiger partial charge in [-0.3, -0.25) is 9.59 Å². The van der Waals surface area contributed by atoms with E-state index in [9.17, 15) is 9.59 Å². The molecule has 0 aliphatic heterocycles. The summed E-state index contributed by atoms with van der Waals surface area (Å²) in [7, 11) is 0. The van der Waals surface area contributed by atoms with Crippen LogP contribution in [0.25, 0.3) is 21.5 Å². The SMILES string of the molecule is O=C(NCCNC(=S)Nc1cccc2ccccc12)c1cccc(C(=O)NCCNC(=S)Nc2cccc3ccccc23)n1. The van der Waals surface area contributed by atoms with Gasteiger partial charge in [0.25, 0.3) is 11.8 Å². The standard InChI is InChI=1S/C33H31N7O2S2/c41-30(34-18-20-36-32(43)39-26-14-5-10-22-8-1-3-12-24(22)26)28-16-7-17-29(38-28)31(42)35-19-21-37-33(44)40-27-15-6-11-23-9-2-4-13-25(23)27/h1-17H,18-21H2,(H,34,41)(H,35,42)(H2,36,39,43)(H2,37,40,44). The van der Waals surface area contributed by atoms with E-state index in [1.54, 1.807) is 18.2 Å². The summed E-state index contributed by atoms with van der Waals surface area (Å²) in [5.41, 5.74) is 2.10. The van der Waals surface area contributed by atoms with Crippen LogP contribution in [0.1, 0.15) is 21.0 Å². The lowest BCUT2D eigenvalue weighted by Gasteiger charge is -2.13. The van der Waals surface area contributed by atoms with Crippen molar-refractivity contribution in [3.63, 3.8) is 0 Å². The predicted octanol–water partition coefficient (Wildman–Crippen LogP) is 4.82. The largest absolute Gasteiger partial charge is 0.361 e. The van der Waals surface area contributed by atoms with Gasteiger partial charge in [0, 0.05) is 48.3 Å². The maximum atomic E-state index is 12.7. The van der Waals surface area contributed by atoms with Crippen LogP contribution >= 0.6 is 24.4 Å². The van der Waals surface area contributed by atoms with Crippen molar-refractivity contribution in [3.05, 3.63) is 115 Å². The Morgan fingerprint density at radius 3 is 1.36 bits per heavy atom. The van der Waals surface area contributed by atoms with Crippen molar-refractivity contribution in [2.45, 2.75) is 0 Å². The molecule has 9 nitrogen and oxygen atoms in total. The first-order valence-electron chi connectivity index (χ1n) is 14.1. The Bertz CT molecular complexity index is 1690. The van der Waals surface area contributed by atoms with Crippen LogP contribution in [0.2, 0.25) is 0 Å². The third kappa shape index (κ3) is 8.03. The van der Waals surface area contributed by atoms with E-state index in [0.717, 1.165) is 32.9 Å². The Balaban J connectivity index is 1.02. The summed E-state index contributed by atoms with van der Waals surface area (Å²) in [5.74, 6) is -0.776. The number of hydrogen-bond acceptors (Lipinski definition) is 5.